The second-order valence-electron chi connectivity index (χ2n) is 6.22. The van der Waals surface area contributed by atoms with Crippen LogP contribution in [0.25, 0.3) is 5.82 Å². The Morgan fingerprint density at radius 3 is 2.54 bits per heavy atom. The number of rotatable bonds is 3. The molecule has 8 nitrogen and oxygen atoms in total. The SMILES string of the molecule is Cc1cccc(C(=O)N2CCN(c3cc(-n4cncn4)ncn3)CC2)c1. The van der Waals surface area contributed by atoms with E-state index in [2.05, 4.69) is 25.0 Å². The Balaban J connectivity index is 1.44. The summed E-state index contributed by atoms with van der Waals surface area (Å²) in [5, 5.41) is 4.09. The number of carbonyl (C=O) groups is 1. The first-order chi connectivity index (χ1) is 12.7. The lowest BCUT2D eigenvalue weighted by Crippen LogP contribution is -2.49. The Labute approximate surface area is 151 Å². The Bertz CT molecular complexity index is 901. The summed E-state index contributed by atoms with van der Waals surface area (Å²) in [5.74, 6) is 1.58. The summed E-state index contributed by atoms with van der Waals surface area (Å²) in [6, 6.07) is 9.61. The summed E-state index contributed by atoms with van der Waals surface area (Å²) >= 11 is 0. The second-order valence-corrected chi connectivity index (χ2v) is 6.22. The van der Waals surface area contributed by atoms with E-state index < -0.39 is 0 Å². The molecule has 1 amide bonds. The molecule has 1 aromatic carbocycles. The molecule has 1 saturated heterocycles. The number of benzene rings is 1. The molecular formula is C18H19N7O. The molecule has 0 radical (unpaired) electrons. The second kappa shape index (κ2) is 6.91. The largest absolute Gasteiger partial charge is 0.353 e. The van der Waals surface area contributed by atoms with Crippen LogP contribution in [0.4, 0.5) is 5.82 Å². The van der Waals surface area contributed by atoms with Gasteiger partial charge in [0.25, 0.3) is 5.91 Å². The quantitative estimate of drug-likeness (QED) is 0.710. The van der Waals surface area contributed by atoms with Crippen molar-refractivity contribution in [2.45, 2.75) is 6.92 Å². The molecule has 1 aliphatic rings. The van der Waals surface area contributed by atoms with E-state index in [0.29, 0.717) is 18.9 Å². The summed E-state index contributed by atoms with van der Waals surface area (Å²) in [6.07, 6.45) is 4.60. The van der Waals surface area contributed by atoms with Crippen molar-refractivity contribution in [1.29, 1.82) is 0 Å². The molecular weight excluding hydrogens is 330 g/mol. The van der Waals surface area contributed by atoms with Crippen molar-refractivity contribution in [3.8, 4) is 5.82 Å². The number of aryl methyl sites for hydroxylation is 1. The van der Waals surface area contributed by atoms with Gasteiger partial charge in [0.2, 0.25) is 0 Å². The molecule has 0 saturated carbocycles. The van der Waals surface area contributed by atoms with E-state index in [1.807, 2.05) is 42.2 Å². The van der Waals surface area contributed by atoms with E-state index >= 15 is 0 Å². The van der Waals surface area contributed by atoms with E-state index in [1.54, 1.807) is 11.0 Å². The first-order valence-corrected chi connectivity index (χ1v) is 8.48. The van der Waals surface area contributed by atoms with Gasteiger partial charge in [0.1, 0.15) is 24.8 Å². The van der Waals surface area contributed by atoms with Gasteiger partial charge in [-0.15, -0.1) is 0 Å². The third kappa shape index (κ3) is 3.26. The van der Waals surface area contributed by atoms with Gasteiger partial charge in [-0.1, -0.05) is 17.7 Å². The minimum atomic E-state index is 0.0827. The predicted octanol–water partition coefficient (Wildman–Crippen LogP) is 1.33. The molecule has 0 atom stereocenters. The van der Waals surface area contributed by atoms with Gasteiger partial charge in [-0.3, -0.25) is 4.79 Å². The number of piperazine rings is 1. The van der Waals surface area contributed by atoms with Crippen LogP contribution in [0.5, 0.6) is 0 Å². The van der Waals surface area contributed by atoms with Crippen LogP contribution in [0.15, 0.2) is 49.3 Å². The highest BCUT2D eigenvalue weighted by molar-refractivity contribution is 5.94. The van der Waals surface area contributed by atoms with Crippen LogP contribution in [0.1, 0.15) is 15.9 Å². The Morgan fingerprint density at radius 2 is 1.81 bits per heavy atom. The van der Waals surface area contributed by atoms with E-state index in [9.17, 15) is 4.79 Å². The normalized spacial score (nSPS) is 14.5. The van der Waals surface area contributed by atoms with Crippen molar-refractivity contribution < 1.29 is 4.79 Å². The van der Waals surface area contributed by atoms with E-state index in [-0.39, 0.29) is 5.91 Å². The third-order valence-electron chi connectivity index (χ3n) is 4.45. The van der Waals surface area contributed by atoms with Gasteiger partial charge in [-0.05, 0) is 19.1 Å². The van der Waals surface area contributed by atoms with Crippen molar-refractivity contribution >= 4 is 11.7 Å². The molecule has 4 rings (SSSR count). The highest BCUT2D eigenvalue weighted by Crippen LogP contribution is 2.17. The molecule has 1 aliphatic heterocycles. The van der Waals surface area contributed by atoms with E-state index in [0.717, 1.165) is 30.0 Å². The van der Waals surface area contributed by atoms with Crippen LogP contribution in [-0.2, 0) is 0 Å². The predicted molar refractivity (Wildman–Crippen MR) is 96.2 cm³/mol. The molecule has 0 aliphatic carbocycles. The van der Waals surface area contributed by atoms with Gasteiger partial charge in [0.05, 0.1) is 0 Å². The van der Waals surface area contributed by atoms with Crippen molar-refractivity contribution in [3.63, 3.8) is 0 Å². The smallest absolute Gasteiger partial charge is 0.253 e. The number of anilines is 1. The van der Waals surface area contributed by atoms with Crippen molar-refractivity contribution in [2.75, 3.05) is 31.1 Å². The minimum absolute atomic E-state index is 0.0827. The van der Waals surface area contributed by atoms with Gasteiger partial charge >= 0.3 is 0 Å². The van der Waals surface area contributed by atoms with E-state index in [1.165, 1.54) is 12.7 Å². The fourth-order valence-corrected chi connectivity index (χ4v) is 3.06. The average molecular weight is 349 g/mol. The minimum Gasteiger partial charge on any atom is -0.353 e. The number of carbonyl (C=O) groups excluding carboxylic acids is 1. The fraction of sp³-hybridized carbons (Fsp3) is 0.278. The number of hydrogen-bond acceptors (Lipinski definition) is 6. The molecule has 132 valence electrons. The molecule has 3 aromatic rings. The maximum absolute atomic E-state index is 12.7. The number of hydrogen-bond donors (Lipinski definition) is 0. The monoisotopic (exact) mass is 349 g/mol. The number of aromatic nitrogens is 5. The maximum Gasteiger partial charge on any atom is 0.253 e. The average Bonchev–Trinajstić information content (AvgIpc) is 3.23. The molecule has 0 N–H and O–H groups in total. The van der Waals surface area contributed by atoms with Crippen LogP contribution in [-0.4, -0.2) is 61.7 Å². The Morgan fingerprint density at radius 1 is 1.00 bits per heavy atom. The molecule has 0 unspecified atom stereocenters. The molecule has 0 spiro atoms. The van der Waals surface area contributed by atoms with Crippen molar-refractivity contribution in [3.05, 3.63) is 60.4 Å². The summed E-state index contributed by atoms with van der Waals surface area (Å²) in [7, 11) is 0. The fourth-order valence-electron chi connectivity index (χ4n) is 3.06. The van der Waals surface area contributed by atoms with Gasteiger partial charge in [-0.2, -0.15) is 5.10 Å². The van der Waals surface area contributed by atoms with Gasteiger partial charge in [0.15, 0.2) is 5.82 Å². The van der Waals surface area contributed by atoms with Crippen LogP contribution < -0.4 is 4.90 Å². The Hall–Kier alpha value is -3.29. The zero-order valence-electron chi connectivity index (χ0n) is 14.5. The lowest BCUT2D eigenvalue weighted by Gasteiger charge is -2.35. The van der Waals surface area contributed by atoms with Crippen LogP contribution in [0.3, 0.4) is 0 Å². The molecule has 26 heavy (non-hydrogen) atoms. The third-order valence-corrected chi connectivity index (χ3v) is 4.45. The molecule has 2 aromatic heterocycles. The van der Waals surface area contributed by atoms with E-state index in [4.69, 9.17) is 0 Å². The zero-order valence-corrected chi connectivity index (χ0v) is 14.5. The first-order valence-electron chi connectivity index (χ1n) is 8.48. The first kappa shape index (κ1) is 16.2. The highest BCUT2D eigenvalue weighted by Gasteiger charge is 2.23. The molecule has 1 fully saturated rings. The lowest BCUT2D eigenvalue weighted by atomic mass is 10.1. The highest BCUT2D eigenvalue weighted by atomic mass is 16.2. The van der Waals surface area contributed by atoms with Gasteiger partial charge in [0, 0.05) is 37.8 Å². The number of nitrogens with zero attached hydrogens (tertiary/aromatic N) is 7. The summed E-state index contributed by atoms with van der Waals surface area (Å²) in [5.41, 5.74) is 1.84. The number of amides is 1. The summed E-state index contributed by atoms with van der Waals surface area (Å²) in [4.78, 5) is 29.2. The van der Waals surface area contributed by atoms with Crippen LogP contribution in [0.2, 0.25) is 0 Å². The van der Waals surface area contributed by atoms with Crippen molar-refractivity contribution in [2.24, 2.45) is 0 Å². The summed E-state index contributed by atoms with van der Waals surface area (Å²) < 4.78 is 1.60. The Kier molecular flexibility index (Phi) is 4.30. The maximum atomic E-state index is 12.7. The summed E-state index contributed by atoms with van der Waals surface area (Å²) in [6.45, 7) is 4.78. The molecule has 3 heterocycles. The zero-order chi connectivity index (χ0) is 17.9. The van der Waals surface area contributed by atoms with Crippen LogP contribution in [0, 0.1) is 6.92 Å². The molecule has 0 bridgehead atoms. The topological polar surface area (TPSA) is 80.0 Å². The van der Waals surface area contributed by atoms with Crippen LogP contribution >= 0.6 is 0 Å². The molecule has 8 heteroatoms. The van der Waals surface area contributed by atoms with Gasteiger partial charge in [-0.25, -0.2) is 19.6 Å². The standard InChI is InChI=1S/C18H19N7O/c1-14-3-2-4-15(9-14)18(26)24-7-5-23(6-8-24)16-10-17(21-12-20-16)25-13-19-11-22-25/h2-4,9-13H,5-8H2,1H3. The van der Waals surface area contributed by atoms with Crippen molar-refractivity contribution in [1.82, 2.24) is 29.6 Å². The van der Waals surface area contributed by atoms with Gasteiger partial charge < -0.3 is 9.80 Å². The lowest BCUT2D eigenvalue weighted by molar-refractivity contribution is 0.0746.